The maximum absolute atomic E-state index is 11.1. The van der Waals surface area contributed by atoms with Crippen LogP contribution in [0.1, 0.15) is 39.9 Å². The van der Waals surface area contributed by atoms with Crippen LogP contribution in [0.25, 0.3) is 5.69 Å². The first-order valence-corrected chi connectivity index (χ1v) is 6.39. The van der Waals surface area contributed by atoms with Gasteiger partial charge < -0.3 is 5.11 Å². The Hall–Kier alpha value is -2.21. The molecule has 0 aliphatic rings. The lowest BCUT2D eigenvalue weighted by Crippen LogP contribution is -2.06. The van der Waals surface area contributed by atoms with Crippen molar-refractivity contribution in [2.75, 3.05) is 0 Å². The SMILES string of the molecule is CCCc1c(C=O)nnn1-c1ccc(Cl)c(C(=O)O)c1. The number of aromatic nitrogens is 3. The molecule has 104 valence electrons. The van der Waals surface area contributed by atoms with Gasteiger partial charge >= 0.3 is 5.97 Å². The van der Waals surface area contributed by atoms with Gasteiger partial charge in [-0.25, -0.2) is 9.48 Å². The van der Waals surface area contributed by atoms with Gasteiger partial charge in [0.25, 0.3) is 0 Å². The summed E-state index contributed by atoms with van der Waals surface area (Å²) in [7, 11) is 0. The third-order valence-corrected chi connectivity index (χ3v) is 3.15. The fraction of sp³-hybridized carbons (Fsp3) is 0.231. The van der Waals surface area contributed by atoms with Crippen LogP contribution in [0.4, 0.5) is 0 Å². The van der Waals surface area contributed by atoms with Crippen LogP contribution >= 0.6 is 11.6 Å². The molecule has 0 aliphatic heterocycles. The first-order chi connectivity index (χ1) is 9.58. The van der Waals surface area contributed by atoms with Crippen molar-refractivity contribution in [1.29, 1.82) is 0 Å². The van der Waals surface area contributed by atoms with E-state index >= 15 is 0 Å². The summed E-state index contributed by atoms with van der Waals surface area (Å²) in [4.78, 5) is 22.0. The smallest absolute Gasteiger partial charge is 0.337 e. The molecule has 1 aromatic carbocycles. The van der Waals surface area contributed by atoms with Crippen molar-refractivity contribution in [2.24, 2.45) is 0 Å². The van der Waals surface area contributed by atoms with E-state index in [9.17, 15) is 9.59 Å². The van der Waals surface area contributed by atoms with E-state index in [2.05, 4.69) is 10.3 Å². The van der Waals surface area contributed by atoms with Gasteiger partial charge in [-0.2, -0.15) is 0 Å². The summed E-state index contributed by atoms with van der Waals surface area (Å²) in [6, 6.07) is 4.53. The maximum Gasteiger partial charge on any atom is 0.337 e. The molecule has 2 rings (SSSR count). The Labute approximate surface area is 120 Å². The van der Waals surface area contributed by atoms with Crippen LogP contribution in [0.5, 0.6) is 0 Å². The number of benzene rings is 1. The molecule has 0 spiro atoms. The highest BCUT2D eigenvalue weighted by atomic mass is 35.5. The van der Waals surface area contributed by atoms with E-state index in [1.54, 1.807) is 6.07 Å². The van der Waals surface area contributed by atoms with Crippen molar-refractivity contribution in [3.8, 4) is 5.69 Å². The molecule has 0 unspecified atom stereocenters. The molecular formula is C13H12ClN3O3. The number of hydrogen-bond acceptors (Lipinski definition) is 4. The summed E-state index contributed by atoms with van der Waals surface area (Å²) >= 11 is 5.83. The van der Waals surface area contributed by atoms with Gasteiger partial charge in [0.15, 0.2) is 6.29 Å². The lowest BCUT2D eigenvalue weighted by molar-refractivity contribution is 0.0697. The average molecular weight is 294 g/mol. The van der Waals surface area contributed by atoms with Crippen molar-refractivity contribution in [1.82, 2.24) is 15.0 Å². The molecule has 0 saturated heterocycles. The second-order valence-electron chi connectivity index (χ2n) is 4.17. The third-order valence-electron chi connectivity index (χ3n) is 2.82. The first-order valence-electron chi connectivity index (χ1n) is 6.01. The second-order valence-corrected chi connectivity index (χ2v) is 4.58. The molecule has 2 aromatic rings. The second kappa shape index (κ2) is 5.83. The number of carbonyl (C=O) groups is 2. The van der Waals surface area contributed by atoms with E-state index in [0.717, 1.165) is 6.42 Å². The van der Waals surface area contributed by atoms with Crippen molar-refractivity contribution in [3.63, 3.8) is 0 Å². The summed E-state index contributed by atoms with van der Waals surface area (Å²) in [5, 5.41) is 16.9. The zero-order chi connectivity index (χ0) is 14.7. The molecule has 20 heavy (non-hydrogen) atoms. The molecule has 6 nitrogen and oxygen atoms in total. The Bertz CT molecular complexity index is 667. The Morgan fingerprint density at radius 2 is 2.25 bits per heavy atom. The number of carboxylic acid groups (broad SMARTS) is 1. The number of carboxylic acids is 1. The van der Waals surface area contributed by atoms with Gasteiger partial charge in [-0.3, -0.25) is 4.79 Å². The van der Waals surface area contributed by atoms with Gasteiger partial charge in [0, 0.05) is 0 Å². The molecule has 0 aliphatic carbocycles. The number of aromatic carboxylic acids is 1. The fourth-order valence-electron chi connectivity index (χ4n) is 1.89. The van der Waals surface area contributed by atoms with Crippen LogP contribution < -0.4 is 0 Å². The minimum atomic E-state index is -1.12. The van der Waals surface area contributed by atoms with Crippen molar-refractivity contribution in [2.45, 2.75) is 19.8 Å². The Morgan fingerprint density at radius 3 is 2.85 bits per heavy atom. The Kier molecular flexibility index (Phi) is 4.14. The number of nitrogens with zero attached hydrogens (tertiary/aromatic N) is 3. The topological polar surface area (TPSA) is 85.1 Å². The largest absolute Gasteiger partial charge is 0.478 e. The standard InChI is InChI=1S/C13H12ClN3O3/c1-2-3-12-11(7-18)15-16-17(12)8-4-5-10(14)9(6-8)13(19)20/h4-7H,2-3H2,1H3,(H,19,20). The highest BCUT2D eigenvalue weighted by Crippen LogP contribution is 2.21. The number of aldehydes is 1. The highest BCUT2D eigenvalue weighted by molar-refractivity contribution is 6.33. The lowest BCUT2D eigenvalue weighted by Gasteiger charge is -2.07. The predicted octanol–water partition coefficient (Wildman–Crippen LogP) is 2.38. The minimum Gasteiger partial charge on any atom is -0.478 e. The molecular weight excluding hydrogens is 282 g/mol. The predicted molar refractivity (Wildman–Crippen MR) is 72.7 cm³/mol. The van der Waals surface area contributed by atoms with Gasteiger partial charge in [-0.05, 0) is 24.6 Å². The zero-order valence-electron chi connectivity index (χ0n) is 10.7. The molecule has 1 heterocycles. The van der Waals surface area contributed by atoms with E-state index in [4.69, 9.17) is 16.7 Å². The van der Waals surface area contributed by atoms with Crippen molar-refractivity contribution >= 4 is 23.9 Å². The summed E-state index contributed by atoms with van der Waals surface area (Å²) in [6.07, 6.45) is 2.07. The number of rotatable bonds is 5. The highest BCUT2D eigenvalue weighted by Gasteiger charge is 2.15. The monoisotopic (exact) mass is 293 g/mol. The Morgan fingerprint density at radius 1 is 1.50 bits per heavy atom. The van der Waals surface area contributed by atoms with E-state index in [0.29, 0.717) is 24.1 Å². The molecule has 0 bridgehead atoms. The molecule has 7 heteroatoms. The van der Waals surface area contributed by atoms with E-state index in [-0.39, 0.29) is 16.3 Å². The first kappa shape index (κ1) is 14.2. The van der Waals surface area contributed by atoms with E-state index < -0.39 is 5.97 Å². The summed E-state index contributed by atoms with van der Waals surface area (Å²) in [6.45, 7) is 1.97. The van der Waals surface area contributed by atoms with Gasteiger partial charge in [0.2, 0.25) is 0 Å². The Balaban J connectivity index is 2.56. The summed E-state index contributed by atoms with van der Waals surface area (Å²) in [5.74, 6) is -1.12. The van der Waals surface area contributed by atoms with Crippen LogP contribution in [-0.2, 0) is 6.42 Å². The molecule has 0 radical (unpaired) electrons. The maximum atomic E-state index is 11.1. The molecule has 0 saturated carbocycles. The van der Waals surface area contributed by atoms with Crippen LogP contribution in [0, 0.1) is 0 Å². The van der Waals surface area contributed by atoms with Gasteiger partial charge in [-0.1, -0.05) is 30.2 Å². The van der Waals surface area contributed by atoms with E-state index in [1.807, 2.05) is 6.92 Å². The van der Waals surface area contributed by atoms with Crippen molar-refractivity contribution in [3.05, 3.63) is 40.2 Å². The summed E-state index contributed by atoms with van der Waals surface area (Å²) < 4.78 is 1.47. The molecule has 0 fully saturated rings. The van der Waals surface area contributed by atoms with Gasteiger partial charge in [-0.15, -0.1) is 5.10 Å². The zero-order valence-corrected chi connectivity index (χ0v) is 11.5. The molecule has 1 aromatic heterocycles. The normalized spacial score (nSPS) is 10.5. The van der Waals surface area contributed by atoms with Crippen LogP contribution in [0.2, 0.25) is 5.02 Å². The quantitative estimate of drug-likeness (QED) is 0.856. The lowest BCUT2D eigenvalue weighted by atomic mass is 10.1. The van der Waals surface area contributed by atoms with E-state index in [1.165, 1.54) is 16.8 Å². The number of carbonyl (C=O) groups excluding carboxylic acids is 1. The minimum absolute atomic E-state index is 0.0187. The number of halogens is 1. The summed E-state index contributed by atoms with van der Waals surface area (Å²) in [5.41, 5.74) is 1.41. The third kappa shape index (κ3) is 2.55. The average Bonchev–Trinajstić information content (AvgIpc) is 2.82. The fourth-order valence-corrected chi connectivity index (χ4v) is 2.09. The van der Waals surface area contributed by atoms with Crippen molar-refractivity contribution < 1.29 is 14.7 Å². The molecule has 0 amide bonds. The molecule has 1 N–H and O–H groups in total. The van der Waals surface area contributed by atoms with Gasteiger partial charge in [0.05, 0.1) is 22.0 Å². The van der Waals surface area contributed by atoms with Crippen LogP contribution in [0.15, 0.2) is 18.2 Å². The van der Waals surface area contributed by atoms with Crippen LogP contribution in [-0.4, -0.2) is 32.4 Å². The molecule has 0 atom stereocenters. The number of hydrogen-bond donors (Lipinski definition) is 1. The van der Waals surface area contributed by atoms with Gasteiger partial charge in [0.1, 0.15) is 5.69 Å². The van der Waals surface area contributed by atoms with Crippen LogP contribution in [0.3, 0.4) is 0 Å².